The van der Waals surface area contributed by atoms with E-state index in [1.165, 1.54) is 0 Å². The van der Waals surface area contributed by atoms with Gasteiger partial charge in [0.25, 0.3) is 0 Å². The molecule has 0 fully saturated rings. The van der Waals surface area contributed by atoms with E-state index in [4.69, 9.17) is 9.47 Å². The minimum Gasteiger partial charge on any atom is -0.489 e. The summed E-state index contributed by atoms with van der Waals surface area (Å²) < 4.78 is 13.3. The first-order chi connectivity index (χ1) is 14.1. The molecule has 0 aliphatic rings. The van der Waals surface area contributed by atoms with E-state index in [9.17, 15) is 5.11 Å². The van der Waals surface area contributed by atoms with Crippen LogP contribution in [0.25, 0.3) is 10.1 Å². The Morgan fingerprint density at radius 2 is 1.59 bits per heavy atom. The quantitative estimate of drug-likeness (QED) is 0.362. The highest BCUT2D eigenvalue weighted by Gasteiger charge is 2.23. The monoisotopic (exact) mass is 404 g/mol. The maximum absolute atomic E-state index is 10.7. The zero-order valence-corrected chi connectivity index (χ0v) is 17.4. The molecule has 0 radical (unpaired) electrons. The van der Waals surface area contributed by atoms with Gasteiger partial charge in [0.05, 0.1) is 11.0 Å². The summed E-state index contributed by atoms with van der Waals surface area (Å²) in [5.74, 6) is 2.27. The maximum Gasteiger partial charge on any atom is 0.151 e. The van der Waals surface area contributed by atoms with Gasteiger partial charge in [0.2, 0.25) is 0 Å². The second kappa shape index (κ2) is 8.68. The van der Waals surface area contributed by atoms with Crippen molar-refractivity contribution in [2.24, 2.45) is 5.92 Å². The van der Waals surface area contributed by atoms with Crippen molar-refractivity contribution >= 4 is 21.4 Å². The highest BCUT2D eigenvalue weighted by atomic mass is 32.1. The van der Waals surface area contributed by atoms with Crippen LogP contribution in [-0.4, -0.2) is 5.11 Å². The van der Waals surface area contributed by atoms with E-state index >= 15 is 0 Å². The Kier molecular flexibility index (Phi) is 5.84. The molecule has 3 aromatic carbocycles. The summed E-state index contributed by atoms with van der Waals surface area (Å²) in [4.78, 5) is 0.858. The first kappa shape index (κ1) is 19.5. The molecule has 0 bridgehead atoms. The molecule has 1 unspecified atom stereocenters. The van der Waals surface area contributed by atoms with Crippen LogP contribution in [0.3, 0.4) is 0 Å². The van der Waals surface area contributed by atoms with E-state index in [1.54, 1.807) is 11.3 Å². The molecular formula is C25H24O3S. The molecule has 0 amide bonds. The van der Waals surface area contributed by atoms with Crippen LogP contribution in [0.4, 0.5) is 0 Å². The van der Waals surface area contributed by atoms with Gasteiger partial charge in [-0.25, -0.2) is 0 Å². The molecular weight excluding hydrogens is 380 g/mol. The van der Waals surface area contributed by atoms with Gasteiger partial charge < -0.3 is 14.6 Å². The average molecular weight is 405 g/mol. The van der Waals surface area contributed by atoms with Gasteiger partial charge in [-0.05, 0) is 35.7 Å². The van der Waals surface area contributed by atoms with E-state index < -0.39 is 6.10 Å². The molecule has 0 saturated heterocycles. The van der Waals surface area contributed by atoms with E-state index in [-0.39, 0.29) is 5.92 Å². The Labute approximate surface area is 175 Å². The second-order valence-corrected chi connectivity index (χ2v) is 8.42. The van der Waals surface area contributed by atoms with Crippen LogP contribution in [0.2, 0.25) is 0 Å². The third-order valence-electron chi connectivity index (χ3n) is 4.75. The second-order valence-electron chi connectivity index (χ2n) is 7.33. The summed E-state index contributed by atoms with van der Waals surface area (Å²) in [7, 11) is 0. The lowest BCUT2D eigenvalue weighted by Gasteiger charge is -2.16. The van der Waals surface area contributed by atoms with Gasteiger partial charge in [-0.15, -0.1) is 11.3 Å². The first-order valence-electron chi connectivity index (χ1n) is 9.76. The largest absolute Gasteiger partial charge is 0.489 e. The Balaban J connectivity index is 1.60. The van der Waals surface area contributed by atoms with Gasteiger partial charge >= 0.3 is 0 Å². The number of rotatable bonds is 7. The van der Waals surface area contributed by atoms with Crippen LogP contribution in [0.5, 0.6) is 17.2 Å². The number of hydrogen-bond donors (Lipinski definition) is 1. The van der Waals surface area contributed by atoms with Gasteiger partial charge in [0.1, 0.15) is 18.1 Å². The number of thiophene rings is 1. The smallest absolute Gasteiger partial charge is 0.151 e. The predicted molar refractivity (Wildman–Crippen MR) is 119 cm³/mol. The summed E-state index contributed by atoms with van der Waals surface area (Å²) in [5.41, 5.74) is 1.12. The predicted octanol–water partition coefficient (Wildman–Crippen LogP) is 6.96. The van der Waals surface area contributed by atoms with E-state index in [0.717, 1.165) is 32.0 Å². The number of aliphatic hydroxyl groups is 1. The lowest BCUT2D eigenvalue weighted by atomic mass is 10.0. The fourth-order valence-corrected chi connectivity index (χ4v) is 4.42. The van der Waals surface area contributed by atoms with Crippen molar-refractivity contribution in [1.29, 1.82) is 0 Å². The summed E-state index contributed by atoms with van der Waals surface area (Å²) in [5, 5.41) is 11.7. The third kappa shape index (κ3) is 4.44. The zero-order valence-electron chi connectivity index (χ0n) is 16.5. The normalized spacial score (nSPS) is 12.3. The molecule has 0 spiro atoms. The summed E-state index contributed by atoms with van der Waals surface area (Å²) in [6, 6.07) is 25.8. The van der Waals surface area contributed by atoms with Gasteiger partial charge in [-0.1, -0.05) is 62.4 Å². The van der Waals surface area contributed by atoms with Crippen LogP contribution >= 0.6 is 11.3 Å². The molecule has 1 aromatic heterocycles. The molecule has 4 heteroatoms. The van der Waals surface area contributed by atoms with Gasteiger partial charge in [-0.2, -0.15) is 0 Å². The molecule has 0 aliphatic heterocycles. The third-order valence-corrected chi connectivity index (χ3v) is 5.97. The molecule has 4 rings (SSSR count). The highest BCUT2D eigenvalue weighted by Crippen LogP contribution is 2.45. The molecule has 0 saturated carbocycles. The van der Waals surface area contributed by atoms with E-state index in [1.807, 2.05) is 86.6 Å². The molecule has 4 aromatic rings. The van der Waals surface area contributed by atoms with Crippen LogP contribution in [0.15, 0.2) is 78.9 Å². The Bertz CT molecular complexity index is 1090. The zero-order chi connectivity index (χ0) is 20.2. The number of aliphatic hydroxyl groups excluding tert-OH is 1. The molecule has 3 nitrogen and oxygen atoms in total. The fourth-order valence-electron chi connectivity index (χ4n) is 3.13. The maximum atomic E-state index is 10.7. The van der Waals surface area contributed by atoms with Crippen LogP contribution in [0, 0.1) is 5.92 Å². The Morgan fingerprint density at radius 1 is 0.862 bits per heavy atom. The molecule has 29 heavy (non-hydrogen) atoms. The van der Waals surface area contributed by atoms with E-state index in [0.29, 0.717) is 12.4 Å². The summed E-state index contributed by atoms with van der Waals surface area (Å²) in [6.07, 6.45) is -0.570. The van der Waals surface area contributed by atoms with E-state index in [2.05, 4.69) is 6.07 Å². The molecule has 148 valence electrons. The Morgan fingerprint density at radius 3 is 2.38 bits per heavy atom. The van der Waals surface area contributed by atoms with Gasteiger partial charge in [0.15, 0.2) is 5.75 Å². The van der Waals surface area contributed by atoms with Crippen molar-refractivity contribution in [2.75, 3.05) is 0 Å². The van der Waals surface area contributed by atoms with Crippen LogP contribution in [-0.2, 0) is 6.61 Å². The first-order valence-corrected chi connectivity index (χ1v) is 10.6. The van der Waals surface area contributed by atoms with Gasteiger partial charge in [-0.3, -0.25) is 0 Å². The standard InChI is InChI=1S/C25H24O3S/c1-17(2)23(26)25-24(21-13-6-7-14-22(21)29-25)28-20-12-8-11-19(15-20)27-16-18-9-4-3-5-10-18/h3-15,17,23,26H,16H2,1-2H3. The van der Waals surface area contributed by atoms with Crippen molar-refractivity contribution in [3.05, 3.63) is 89.3 Å². The van der Waals surface area contributed by atoms with Crippen LogP contribution in [0.1, 0.15) is 30.4 Å². The van der Waals surface area contributed by atoms with Gasteiger partial charge in [0, 0.05) is 16.2 Å². The van der Waals surface area contributed by atoms with Crippen molar-refractivity contribution in [3.63, 3.8) is 0 Å². The number of fused-ring (bicyclic) bond motifs is 1. The lowest BCUT2D eigenvalue weighted by molar-refractivity contribution is 0.128. The number of hydrogen-bond acceptors (Lipinski definition) is 4. The minimum atomic E-state index is -0.570. The molecule has 0 aliphatic carbocycles. The van der Waals surface area contributed by atoms with Crippen molar-refractivity contribution in [1.82, 2.24) is 0 Å². The fraction of sp³-hybridized carbons (Fsp3) is 0.200. The van der Waals surface area contributed by atoms with Crippen molar-refractivity contribution in [2.45, 2.75) is 26.6 Å². The SMILES string of the molecule is CC(C)C(O)c1sc2ccccc2c1Oc1cccc(OCc2ccccc2)c1. The number of benzene rings is 3. The average Bonchev–Trinajstić information content (AvgIpc) is 3.11. The molecule has 1 heterocycles. The topological polar surface area (TPSA) is 38.7 Å². The highest BCUT2D eigenvalue weighted by molar-refractivity contribution is 7.19. The summed E-state index contributed by atoms with van der Waals surface area (Å²) >= 11 is 1.59. The molecule has 1 atom stereocenters. The Hall–Kier alpha value is -2.82. The van der Waals surface area contributed by atoms with Crippen molar-refractivity contribution < 1.29 is 14.6 Å². The minimum absolute atomic E-state index is 0.103. The summed E-state index contributed by atoms with van der Waals surface area (Å²) in [6.45, 7) is 4.52. The lowest BCUT2D eigenvalue weighted by Crippen LogP contribution is -2.04. The molecule has 1 N–H and O–H groups in total. The van der Waals surface area contributed by atoms with Crippen molar-refractivity contribution in [3.8, 4) is 17.2 Å². The number of ether oxygens (including phenoxy) is 2. The van der Waals surface area contributed by atoms with Crippen LogP contribution < -0.4 is 9.47 Å².